The van der Waals surface area contributed by atoms with Gasteiger partial charge in [0.05, 0.1) is 32.7 Å². The summed E-state index contributed by atoms with van der Waals surface area (Å²) in [4.78, 5) is 9.33. The maximum atomic E-state index is 13.7. The van der Waals surface area contributed by atoms with Crippen LogP contribution in [0.4, 0.5) is 16.3 Å². The van der Waals surface area contributed by atoms with Crippen LogP contribution in [0.2, 0.25) is 0 Å². The van der Waals surface area contributed by atoms with Gasteiger partial charge >= 0.3 is 0 Å². The van der Waals surface area contributed by atoms with E-state index in [4.69, 9.17) is 9.47 Å². The minimum atomic E-state index is -4.16. The number of β-amino-alcohol motifs (C(OH)–C–C–N with tert-alkyl or cyclic N) is 1. The van der Waals surface area contributed by atoms with Gasteiger partial charge in [0.1, 0.15) is 28.1 Å². The van der Waals surface area contributed by atoms with Crippen molar-refractivity contribution >= 4 is 21.9 Å². The molecule has 1 aliphatic rings. The minimum Gasteiger partial charge on any atom is -0.494 e. The third-order valence-electron chi connectivity index (χ3n) is 6.18. The van der Waals surface area contributed by atoms with E-state index >= 15 is 0 Å². The first-order valence-corrected chi connectivity index (χ1v) is 13.3. The van der Waals surface area contributed by atoms with Crippen LogP contribution in [-0.4, -0.2) is 86.7 Å². The zero-order valence-electron chi connectivity index (χ0n) is 21.3. The summed E-state index contributed by atoms with van der Waals surface area (Å²) in [6.07, 6.45) is 2.63. The largest absolute Gasteiger partial charge is 0.494 e. The predicted octanol–water partition coefficient (Wildman–Crippen LogP) is 0.996. The first kappa shape index (κ1) is 26.3. The molecule has 5 rings (SSSR count). The molecule has 0 unspecified atom stereocenters. The van der Waals surface area contributed by atoms with Crippen LogP contribution in [0.3, 0.4) is 0 Å². The summed E-state index contributed by atoms with van der Waals surface area (Å²) in [5.74, 6) is 0.329. The molecule has 0 spiro atoms. The summed E-state index contributed by atoms with van der Waals surface area (Å²) in [7, 11) is 0.524. The lowest BCUT2D eigenvalue weighted by atomic mass is 10.1. The topological polar surface area (TPSA) is 162 Å². The summed E-state index contributed by atoms with van der Waals surface area (Å²) < 4.78 is 57.3. The fourth-order valence-electron chi connectivity index (χ4n) is 4.41. The predicted molar refractivity (Wildman–Crippen MR) is 138 cm³/mol. The molecule has 14 nitrogen and oxygen atoms in total. The van der Waals surface area contributed by atoms with Gasteiger partial charge in [0, 0.05) is 26.3 Å². The number of nitrogens with one attached hydrogen (secondary N) is 1. The average Bonchev–Trinajstić information content (AvgIpc) is 3.53. The Kier molecular flexibility index (Phi) is 7.05. The monoisotopic (exact) mass is 559 g/mol. The number of aliphatic hydroxyl groups is 1. The third kappa shape index (κ3) is 5.20. The number of aryl methyl sites for hydroxylation is 1. The molecule has 1 saturated heterocycles. The molecule has 0 bridgehead atoms. The Morgan fingerprint density at radius 1 is 1.08 bits per heavy atom. The zero-order valence-corrected chi connectivity index (χ0v) is 22.1. The summed E-state index contributed by atoms with van der Waals surface area (Å²) in [6.45, 7) is 0.0489. The highest BCUT2D eigenvalue weighted by molar-refractivity contribution is 7.93. The molecule has 1 fully saturated rings. The number of ether oxygens (including phenoxy) is 2. The van der Waals surface area contributed by atoms with Gasteiger partial charge in [0.2, 0.25) is 21.9 Å². The first-order chi connectivity index (χ1) is 18.7. The molecule has 4 heterocycles. The smallest absolute Gasteiger partial charge is 0.243 e. The van der Waals surface area contributed by atoms with Gasteiger partial charge in [-0.2, -0.15) is 5.10 Å². The first-order valence-electron chi connectivity index (χ1n) is 11.8. The lowest BCUT2D eigenvalue weighted by molar-refractivity contribution is 0.154. The number of aliphatic hydroxyl groups excluding tert-OH is 1. The number of hydrogen-bond donors (Lipinski definition) is 2. The summed E-state index contributed by atoms with van der Waals surface area (Å²) in [6, 6.07) is 6.82. The van der Waals surface area contributed by atoms with Gasteiger partial charge < -0.3 is 19.5 Å². The van der Waals surface area contributed by atoms with Crippen molar-refractivity contribution in [2.75, 3.05) is 36.9 Å². The van der Waals surface area contributed by atoms with Crippen LogP contribution in [-0.2, 0) is 17.1 Å². The quantitative estimate of drug-likeness (QED) is 0.317. The number of halogens is 1. The van der Waals surface area contributed by atoms with Gasteiger partial charge in [-0.15, -0.1) is 10.2 Å². The molecular formula is C23H26FN9O5S. The maximum Gasteiger partial charge on any atom is 0.243 e. The highest BCUT2D eigenvalue weighted by atomic mass is 32.2. The summed E-state index contributed by atoms with van der Waals surface area (Å²) in [5, 5.41) is 22.1. The van der Waals surface area contributed by atoms with Crippen molar-refractivity contribution in [1.29, 1.82) is 0 Å². The Labute approximate surface area is 223 Å². The number of para-hydroxylation sites is 1. The van der Waals surface area contributed by atoms with Crippen molar-refractivity contribution in [3.05, 3.63) is 48.7 Å². The van der Waals surface area contributed by atoms with Crippen LogP contribution in [0.5, 0.6) is 11.5 Å². The Hall–Kier alpha value is -4.31. The molecule has 16 heteroatoms. The average molecular weight is 560 g/mol. The Morgan fingerprint density at radius 2 is 1.77 bits per heavy atom. The van der Waals surface area contributed by atoms with Crippen LogP contribution in [0.25, 0.3) is 17.2 Å². The summed E-state index contributed by atoms with van der Waals surface area (Å²) >= 11 is 0. The number of piperidine rings is 1. The second-order valence-corrected chi connectivity index (χ2v) is 10.8. The van der Waals surface area contributed by atoms with Crippen molar-refractivity contribution in [2.45, 2.75) is 17.8 Å². The standard InChI is InChI=1S/C23H26FN9O5S/c1-31-8-7-17(29-31)21-27-28-23(33(21)20-18(37-2)5-4-6-19(20)38-3)30-39(35,36)16-9-15(34)12-32(13-16)22-25-10-14(24)11-26-22/h4-8,10-11,15-16,34H,9,12-13H2,1-3H3,(H,28,30)/t15-,16+/m0/s1. The number of rotatable bonds is 8. The Morgan fingerprint density at radius 3 is 2.38 bits per heavy atom. The van der Waals surface area contributed by atoms with Gasteiger partial charge in [-0.3, -0.25) is 14.0 Å². The van der Waals surface area contributed by atoms with E-state index in [0.717, 1.165) is 12.4 Å². The van der Waals surface area contributed by atoms with Crippen molar-refractivity contribution in [3.63, 3.8) is 0 Å². The van der Waals surface area contributed by atoms with Crippen LogP contribution < -0.4 is 19.1 Å². The second kappa shape index (κ2) is 10.5. The fraction of sp³-hybridized carbons (Fsp3) is 0.348. The minimum absolute atomic E-state index is 0.0444. The molecule has 39 heavy (non-hydrogen) atoms. The second-order valence-electron chi connectivity index (χ2n) is 8.83. The number of nitrogens with zero attached hydrogens (tertiary/aromatic N) is 8. The van der Waals surface area contributed by atoms with Crippen LogP contribution in [0, 0.1) is 5.82 Å². The SMILES string of the molecule is COc1cccc(OC)c1-n1c(NS(=O)(=O)[C@@H]2C[C@H](O)CN(c3ncc(F)cn3)C2)nnc1-c1ccn(C)n1. The number of methoxy groups -OCH3 is 2. The van der Waals surface area contributed by atoms with Crippen molar-refractivity contribution < 1.29 is 27.4 Å². The normalized spacial score (nSPS) is 17.7. The molecule has 1 aliphatic heterocycles. The molecule has 0 saturated carbocycles. The number of anilines is 2. The van der Waals surface area contributed by atoms with E-state index in [-0.39, 0.29) is 37.2 Å². The Bertz CT molecular complexity index is 1550. The van der Waals surface area contributed by atoms with Crippen molar-refractivity contribution in [3.8, 4) is 28.7 Å². The lowest BCUT2D eigenvalue weighted by Crippen LogP contribution is -2.50. The van der Waals surface area contributed by atoms with E-state index in [1.807, 2.05) is 0 Å². The maximum absolute atomic E-state index is 13.7. The molecule has 2 atom stereocenters. The van der Waals surface area contributed by atoms with Gasteiger partial charge in [-0.25, -0.2) is 22.8 Å². The van der Waals surface area contributed by atoms with Gasteiger partial charge in [0.15, 0.2) is 11.6 Å². The summed E-state index contributed by atoms with van der Waals surface area (Å²) in [5.41, 5.74) is 0.784. The highest BCUT2D eigenvalue weighted by Crippen LogP contribution is 2.37. The van der Waals surface area contributed by atoms with Crippen molar-refractivity contribution in [1.82, 2.24) is 34.5 Å². The van der Waals surface area contributed by atoms with Crippen LogP contribution in [0.1, 0.15) is 6.42 Å². The molecule has 3 aromatic heterocycles. The van der Waals surface area contributed by atoms with E-state index in [1.54, 1.807) is 42.2 Å². The lowest BCUT2D eigenvalue weighted by Gasteiger charge is -2.35. The number of hydrogen-bond acceptors (Lipinski definition) is 11. The van der Waals surface area contributed by atoms with Crippen LogP contribution in [0.15, 0.2) is 42.9 Å². The number of benzene rings is 1. The highest BCUT2D eigenvalue weighted by Gasteiger charge is 2.37. The molecule has 2 N–H and O–H groups in total. The molecule has 1 aromatic carbocycles. The van der Waals surface area contributed by atoms with E-state index in [9.17, 15) is 17.9 Å². The molecule has 4 aromatic rings. The molecule has 0 amide bonds. The van der Waals surface area contributed by atoms with Gasteiger partial charge in [-0.05, 0) is 24.6 Å². The fourth-order valence-corrected chi connectivity index (χ4v) is 5.81. The number of sulfonamides is 1. The van der Waals surface area contributed by atoms with E-state index in [2.05, 4.69) is 30.0 Å². The molecule has 0 aliphatic carbocycles. The van der Waals surface area contributed by atoms with E-state index in [0.29, 0.717) is 22.9 Å². The van der Waals surface area contributed by atoms with Gasteiger partial charge in [0.25, 0.3) is 0 Å². The molecular weight excluding hydrogens is 533 g/mol. The Balaban J connectivity index is 1.55. The molecule has 206 valence electrons. The van der Waals surface area contributed by atoms with E-state index in [1.165, 1.54) is 23.7 Å². The third-order valence-corrected chi connectivity index (χ3v) is 7.87. The van der Waals surface area contributed by atoms with Crippen LogP contribution >= 0.6 is 0 Å². The van der Waals surface area contributed by atoms with Gasteiger partial charge in [-0.1, -0.05) is 6.07 Å². The van der Waals surface area contributed by atoms with Crippen molar-refractivity contribution in [2.24, 2.45) is 7.05 Å². The molecule has 0 radical (unpaired) electrons. The van der Waals surface area contributed by atoms with E-state index < -0.39 is 27.2 Å². The number of aromatic nitrogens is 7. The zero-order chi connectivity index (χ0) is 27.7.